The molecule has 1 rings (SSSR count). The zero-order valence-electron chi connectivity index (χ0n) is 10.4. The highest BCUT2D eigenvalue weighted by Crippen LogP contribution is 2.06. The van der Waals surface area contributed by atoms with Crippen molar-refractivity contribution in [2.45, 2.75) is 19.9 Å². The molecule has 0 aromatic heterocycles. The van der Waals surface area contributed by atoms with Gasteiger partial charge in [0.2, 0.25) is 0 Å². The molecular formula is C14H19NO2. The predicted molar refractivity (Wildman–Crippen MR) is 69.5 cm³/mol. The second-order valence-electron chi connectivity index (χ2n) is 3.68. The van der Waals surface area contributed by atoms with Gasteiger partial charge in [-0.05, 0) is 25.1 Å². The van der Waals surface area contributed by atoms with E-state index in [1.54, 1.807) is 0 Å². The molecule has 0 radical (unpaired) electrons. The normalized spacial score (nSPS) is 10.7. The van der Waals surface area contributed by atoms with Gasteiger partial charge in [-0.15, -0.1) is 0 Å². The highest BCUT2D eigenvalue weighted by atomic mass is 16.5. The molecule has 0 heterocycles. The lowest BCUT2D eigenvalue weighted by atomic mass is 10.1. The van der Waals surface area contributed by atoms with Crippen LogP contribution in [-0.2, 0) is 16.1 Å². The fourth-order valence-corrected chi connectivity index (χ4v) is 1.46. The van der Waals surface area contributed by atoms with Crippen molar-refractivity contribution in [3.63, 3.8) is 0 Å². The quantitative estimate of drug-likeness (QED) is 0.767. The van der Waals surface area contributed by atoms with E-state index in [0.717, 1.165) is 12.1 Å². The van der Waals surface area contributed by atoms with Gasteiger partial charge in [0.1, 0.15) is 0 Å². The second-order valence-corrected chi connectivity index (χ2v) is 3.68. The van der Waals surface area contributed by atoms with E-state index in [9.17, 15) is 4.79 Å². The lowest BCUT2D eigenvalue weighted by molar-refractivity contribution is -0.142. The number of hydrogen-bond acceptors (Lipinski definition) is 3. The van der Waals surface area contributed by atoms with Crippen LogP contribution >= 0.6 is 0 Å². The Morgan fingerprint density at radius 1 is 1.35 bits per heavy atom. The highest BCUT2D eigenvalue weighted by molar-refractivity contribution is 5.72. The monoisotopic (exact) mass is 233 g/mol. The van der Waals surface area contributed by atoms with Gasteiger partial charge in [0, 0.05) is 6.54 Å². The minimum Gasteiger partial charge on any atom is -0.466 e. The smallest absolute Gasteiger partial charge is 0.309 e. The van der Waals surface area contributed by atoms with Gasteiger partial charge in [-0.1, -0.05) is 36.4 Å². The Hall–Kier alpha value is -1.61. The summed E-state index contributed by atoms with van der Waals surface area (Å²) in [5.41, 5.74) is 2.34. The van der Waals surface area contributed by atoms with Crippen molar-refractivity contribution in [1.82, 2.24) is 5.32 Å². The SMILES string of the molecule is CCOC(=O)CC=Cc1ccc(CNC)cc1. The second kappa shape index (κ2) is 7.63. The fourth-order valence-electron chi connectivity index (χ4n) is 1.46. The zero-order chi connectivity index (χ0) is 12.5. The van der Waals surface area contributed by atoms with Crippen molar-refractivity contribution in [2.75, 3.05) is 13.7 Å². The molecule has 0 aliphatic heterocycles. The maximum atomic E-state index is 11.1. The number of nitrogens with one attached hydrogen (secondary N) is 1. The number of rotatable bonds is 6. The standard InChI is InChI=1S/C14H19NO2/c1-3-17-14(16)6-4-5-12-7-9-13(10-8-12)11-15-2/h4-5,7-10,15H,3,6,11H2,1-2H3. The highest BCUT2D eigenvalue weighted by Gasteiger charge is 1.96. The van der Waals surface area contributed by atoms with Gasteiger partial charge in [-0.25, -0.2) is 0 Å². The van der Waals surface area contributed by atoms with Gasteiger partial charge in [0.15, 0.2) is 0 Å². The molecule has 0 atom stereocenters. The largest absolute Gasteiger partial charge is 0.466 e. The lowest BCUT2D eigenvalue weighted by Crippen LogP contribution is -2.04. The third kappa shape index (κ3) is 5.31. The first kappa shape index (κ1) is 13.5. The van der Waals surface area contributed by atoms with E-state index >= 15 is 0 Å². The van der Waals surface area contributed by atoms with Gasteiger partial charge in [-0.2, -0.15) is 0 Å². The summed E-state index contributed by atoms with van der Waals surface area (Å²) in [4.78, 5) is 11.1. The van der Waals surface area contributed by atoms with Crippen LogP contribution in [0.3, 0.4) is 0 Å². The summed E-state index contributed by atoms with van der Waals surface area (Å²) in [6.07, 6.45) is 4.08. The molecule has 0 bridgehead atoms. The number of hydrogen-bond donors (Lipinski definition) is 1. The Morgan fingerprint density at radius 2 is 2.06 bits per heavy atom. The molecule has 1 N–H and O–H groups in total. The molecule has 0 saturated heterocycles. The van der Waals surface area contributed by atoms with E-state index < -0.39 is 0 Å². The maximum Gasteiger partial charge on any atom is 0.309 e. The lowest BCUT2D eigenvalue weighted by Gasteiger charge is -2.00. The van der Waals surface area contributed by atoms with Crippen LogP contribution in [-0.4, -0.2) is 19.6 Å². The van der Waals surface area contributed by atoms with Crippen molar-refractivity contribution in [1.29, 1.82) is 0 Å². The molecule has 0 aliphatic rings. The van der Waals surface area contributed by atoms with Crippen LogP contribution in [0.1, 0.15) is 24.5 Å². The molecular weight excluding hydrogens is 214 g/mol. The molecule has 1 aromatic carbocycles. The molecule has 0 aliphatic carbocycles. The molecule has 0 spiro atoms. The van der Waals surface area contributed by atoms with Crippen LogP contribution in [0.5, 0.6) is 0 Å². The Balaban J connectivity index is 2.45. The molecule has 0 unspecified atom stereocenters. The van der Waals surface area contributed by atoms with Gasteiger partial charge in [0.05, 0.1) is 13.0 Å². The van der Waals surface area contributed by atoms with Crippen LogP contribution < -0.4 is 5.32 Å². The average Bonchev–Trinajstić information content (AvgIpc) is 2.32. The summed E-state index contributed by atoms with van der Waals surface area (Å²) in [6, 6.07) is 8.21. The summed E-state index contributed by atoms with van der Waals surface area (Å²) < 4.78 is 4.83. The molecule has 3 heteroatoms. The predicted octanol–water partition coefficient (Wildman–Crippen LogP) is 2.37. The first-order valence-electron chi connectivity index (χ1n) is 5.82. The van der Waals surface area contributed by atoms with Gasteiger partial charge in [-0.3, -0.25) is 4.79 Å². The summed E-state index contributed by atoms with van der Waals surface area (Å²) in [6.45, 7) is 3.11. The molecule has 0 amide bonds. The van der Waals surface area contributed by atoms with E-state index in [0.29, 0.717) is 13.0 Å². The molecule has 3 nitrogen and oxygen atoms in total. The molecule has 17 heavy (non-hydrogen) atoms. The number of carbonyl (C=O) groups is 1. The number of carbonyl (C=O) groups excluding carboxylic acids is 1. The van der Waals surface area contributed by atoms with Crippen molar-refractivity contribution in [2.24, 2.45) is 0 Å². The zero-order valence-corrected chi connectivity index (χ0v) is 10.4. The summed E-state index contributed by atoms with van der Waals surface area (Å²) >= 11 is 0. The maximum absolute atomic E-state index is 11.1. The van der Waals surface area contributed by atoms with E-state index in [2.05, 4.69) is 17.4 Å². The average molecular weight is 233 g/mol. The first-order valence-corrected chi connectivity index (χ1v) is 5.82. The topological polar surface area (TPSA) is 38.3 Å². The van der Waals surface area contributed by atoms with Gasteiger partial charge < -0.3 is 10.1 Å². The molecule has 92 valence electrons. The van der Waals surface area contributed by atoms with Crippen LogP contribution in [0.4, 0.5) is 0 Å². The number of esters is 1. The number of benzene rings is 1. The molecule has 0 saturated carbocycles. The van der Waals surface area contributed by atoms with E-state index in [4.69, 9.17) is 4.74 Å². The third-order valence-corrected chi connectivity index (χ3v) is 2.26. The minimum absolute atomic E-state index is 0.185. The Labute approximate surface area is 102 Å². The summed E-state index contributed by atoms with van der Waals surface area (Å²) in [7, 11) is 1.92. The van der Waals surface area contributed by atoms with Gasteiger partial charge in [0.25, 0.3) is 0 Å². The Morgan fingerprint density at radius 3 is 2.65 bits per heavy atom. The molecule has 0 fully saturated rings. The van der Waals surface area contributed by atoms with Crippen molar-refractivity contribution in [3.05, 3.63) is 41.5 Å². The van der Waals surface area contributed by atoms with Crippen LogP contribution in [0.15, 0.2) is 30.3 Å². The Kier molecular flexibility index (Phi) is 6.04. The van der Waals surface area contributed by atoms with Gasteiger partial charge >= 0.3 is 5.97 Å². The van der Waals surface area contributed by atoms with E-state index in [-0.39, 0.29) is 5.97 Å². The van der Waals surface area contributed by atoms with Crippen LogP contribution in [0.25, 0.3) is 6.08 Å². The Bertz CT molecular complexity index is 368. The minimum atomic E-state index is -0.185. The number of ether oxygens (including phenoxy) is 1. The van der Waals surface area contributed by atoms with Crippen molar-refractivity contribution < 1.29 is 9.53 Å². The summed E-state index contributed by atoms with van der Waals surface area (Å²) in [5, 5.41) is 3.10. The van der Waals surface area contributed by atoms with Crippen molar-refractivity contribution >= 4 is 12.0 Å². The van der Waals surface area contributed by atoms with Crippen molar-refractivity contribution in [3.8, 4) is 0 Å². The molecule has 1 aromatic rings. The summed E-state index contributed by atoms with van der Waals surface area (Å²) in [5.74, 6) is -0.185. The van der Waals surface area contributed by atoms with Crippen LogP contribution in [0.2, 0.25) is 0 Å². The fraction of sp³-hybridized carbons (Fsp3) is 0.357. The van der Waals surface area contributed by atoms with E-state index in [1.807, 2.05) is 38.3 Å². The van der Waals surface area contributed by atoms with E-state index in [1.165, 1.54) is 5.56 Å². The van der Waals surface area contributed by atoms with Crippen LogP contribution in [0, 0.1) is 0 Å². The third-order valence-electron chi connectivity index (χ3n) is 2.26. The first-order chi connectivity index (χ1) is 8.26.